The van der Waals surface area contributed by atoms with Crippen molar-refractivity contribution in [2.24, 2.45) is 5.41 Å². The molecule has 2 aliphatic rings. The van der Waals surface area contributed by atoms with Gasteiger partial charge in [-0.2, -0.15) is 0 Å². The molecule has 1 heterocycles. The number of nitrogens with zero attached hydrogens (tertiary/aromatic N) is 2. The van der Waals surface area contributed by atoms with Crippen LogP contribution in [0.3, 0.4) is 0 Å². The topological polar surface area (TPSA) is 52.7 Å². The molecule has 2 amide bonds. The van der Waals surface area contributed by atoms with Crippen molar-refractivity contribution in [3.8, 4) is 0 Å². The summed E-state index contributed by atoms with van der Waals surface area (Å²) in [6, 6.07) is 15.7. The summed E-state index contributed by atoms with van der Waals surface area (Å²) in [5, 5.41) is 2.91. The zero-order valence-electron chi connectivity index (χ0n) is 21.3. The summed E-state index contributed by atoms with van der Waals surface area (Å²) in [4.78, 5) is 30.1. The standard InChI is InChI=1S/C30H39N3O2/c1-4-19-32(20-7-10-24(3)31-28(34)27-11-6-5-9-23(27)2)29(35)25-12-14-26(15-13-25)33-21-18-30(22-33)16-8-17-30/h5-6,9,11-15H,3-4,7-8,10,16-22H2,1-2H3,(H,31,34). The minimum atomic E-state index is -0.129. The Labute approximate surface area is 210 Å². The predicted molar refractivity (Wildman–Crippen MR) is 143 cm³/mol. The van der Waals surface area contributed by atoms with Gasteiger partial charge in [-0.05, 0) is 86.8 Å². The summed E-state index contributed by atoms with van der Waals surface area (Å²) in [5.74, 6) is -0.0549. The van der Waals surface area contributed by atoms with Crippen molar-refractivity contribution >= 4 is 17.5 Å². The number of allylic oxidation sites excluding steroid dienone is 1. The normalized spacial score (nSPS) is 16.1. The molecule has 5 nitrogen and oxygen atoms in total. The van der Waals surface area contributed by atoms with Crippen LogP contribution in [0, 0.1) is 12.3 Å². The molecular formula is C30H39N3O2. The van der Waals surface area contributed by atoms with E-state index >= 15 is 0 Å². The van der Waals surface area contributed by atoms with Crippen molar-refractivity contribution in [3.05, 3.63) is 77.5 Å². The Morgan fingerprint density at radius 2 is 1.80 bits per heavy atom. The van der Waals surface area contributed by atoms with Gasteiger partial charge in [0.25, 0.3) is 11.8 Å². The number of rotatable bonds is 10. The minimum Gasteiger partial charge on any atom is -0.371 e. The van der Waals surface area contributed by atoms with Crippen LogP contribution in [0.5, 0.6) is 0 Å². The molecule has 0 atom stereocenters. The molecule has 4 rings (SSSR count). The Balaban J connectivity index is 1.27. The molecule has 1 N–H and O–H groups in total. The van der Waals surface area contributed by atoms with Gasteiger partial charge in [0.05, 0.1) is 0 Å². The lowest BCUT2D eigenvalue weighted by Gasteiger charge is -2.38. The Kier molecular flexibility index (Phi) is 7.94. The van der Waals surface area contributed by atoms with Crippen LogP contribution in [0.25, 0.3) is 0 Å². The number of carbonyl (C=O) groups is 2. The number of anilines is 1. The molecular weight excluding hydrogens is 434 g/mol. The molecule has 1 spiro atoms. The highest BCUT2D eigenvalue weighted by Gasteiger charge is 2.42. The number of nitrogens with one attached hydrogen (secondary N) is 1. The average Bonchev–Trinajstić information content (AvgIpc) is 3.30. The van der Waals surface area contributed by atoms with Crippen LogP contribution in [0.2, 0.25) is 0 Å². The van der Waals surface area contributed by atoms with Gasteiger partial charge in [-0.15, -0.1) is 0 Å². The molecule has 2 fully saturated rings. The maximum absolute atomic E-state index is 13.2. The summed E-state index contributed by atoms with van der Waals surface area (Å²) in [7, 11) is 0. The van der Waals surface area contributed by atoms with Crippen molar-refractivity contribution in [1.82, 2.24) is 10.2 Å². The summed E-state index contributed by atoms with van der Waals surface area (Å²) in [5.41, 5.74) is 4.82. The van der Waals surface area contributed by atoms with Crippen molar-refractivity contribution < 1.29 is 9.59 Å². The minimum absolute atomic E-state index is 0.0739. The van der Waals surface area contributed by atoms with Crippen LogP contribution in [0.15, 0.2) is 60.8 Å². The van der Waals surface area contributed by atoms with E-state index < -0.39 is 0 Å². The Hall–Kier alpha value is -3.08. The van der Waals surface area contributed by atoms with E-state index in [2.05, 4.69) is 35.9 Å². The Bertz CT molecular complexity index is 1060. The first-order valence-electron chi connectivity index (χ1n) is 13.1. The Morgan fingerprint density at radius 3 is 2.43 bits per heavy atom. The molecule has 1 saturated heterocycles. The number of carbonyl (C=O) groups excluding carboxylic acids is 2. The van der Waals surface area contributed by atoms with Gasteiger partial charge >= 0.3 is 0 Å². The maximum atomic E-state index is 13.2. The van der Waals surface area contributed by atoms with E-state index in [-0.39, 0.29) is 11.8 Å². The quantitative estimate of drug-likeness (QED) is 0.464. The first kappa shape index (κ1) is 25.0. The lowest BCUT2D eigenvalue weighted by molar-refractivity contribution is 0.0752. The van der Waals surface area contributed by atoms with Crippen LogP contribution in [-0.2, 0) is 0 Å². The van der Waals surface area contributed by atoms with Crippen LogP contribution in [-0.4, -0.2) is 42.9 Å². The lowest BCUT2D eigenvalue weighted by Crippen LogP contribution is -2.33. The second kappa shape index (κ2) is 11.1. The number of aryl methyl sites for hydroxylation is 1. The molecule has 0 unspecified atom stereocenters. The monoisotopic (exact) mass is 473 g/mol. The average molecular weight is 474 g/mol. The number of hydrogen-bond donors (Lipinski definition) is 1. The van der Waals surface area contributed by atoms with E-state index in [1.165, 1.54) is 31.4 Å². The van der Waals surface area contributed by atoms with Gasteiger partial charge in [-0.25, -0.2) is 0 Å². The SMILES string of the molecule is C=C(CCCN(CCC)C(=O)c1ccc(N2CCC3(CCC3)C2)cc1)NC(=O)c1ccccc1C. The van der Waals surface area contributed by atoms with Gasteiger partial charge in [-0.3, -0.25) is 9.59 Å². The second-order valence-electron chi connectivity index (χ2n) is 10.3. The highest BCUT2D eigenvalue weighted by atomic mass is 16.2. The number of hydrogen-bond acceptors (Lipinski definition) is 3. The summed E-state index contributed by atoms with van der Waals surface area (Å²) in [6.07, 6.45) is 7.72. The summed E-state index contributed by atoms with van der Waals surface area (Å²) < 4.78 is 0. The van der Waals surface area contributed by atoms with Crippen molar-refractivity contribution in [3.63, 3.8) is 0 Å². The number of amides is 2. The smallest absolute Gasteiger partial charge is 0.255 e. The summed E-state index contributed by atoms with van der Waals surface area (Å²) in [6.45, 7) is 11.7. The fourth-order valence-electron chi connectivity index (χ4n) is 5.42. The third-order valence-electron chi connectivity index (χ3n) is 7.70. The van der Waals surface area contributed by atoms with Gasteiger partial charge in [0.2, 0.25) is 0 Å². The van der Waals surface area contributed by atoms with Crippen molar-refractivity contribution in [1.29, 1.82) is 0 Å². The first-order chi connectivity index (χ1) is 16.9. The molecule has 2 aromatic rings. The van der Waals surface area contributed by atoms with Gasteiger partial charge in [0, 0.05) is 48.7 Å². The zero-order valence-corrected chi connectivity index (χ0v) is 21.3. The predicted octanol–water partition coefficient (Wildman–Crippen LogP) is 5.95. The molecule has 0 bridgehead atoms. The van der Waals surface area contributed by atoms with Crippen LogP contribution in [0.1, 0.15) is 78.1 Å². The van der Waals surface area contributed by atoms with Gasteiger partial charge in [0.1, 0.15) is 0 Å². The van der Waals surface area contributed by atoms with Crippen molar-refractivity contribution in [2.75, 3.05) is 31.1 Å². The second-order valence-corrected chi connectivity index (χ2v) is 10.3. The molecule has 35 heavy (non-hydrogen) atoms. The van der Waals surface area contributed by atoms with Gasteiger partial charge in [-0.1, -0.05) is 38.1 Å². The molecule has 0 radical (unpaired) electrons. The zero-order chi connectivity index (χ0) is 24.8. The van der Waals surface area contributed by atoms with E-state index in [1.54, 1.807) is 0 Å². The van der Waals surface area contributed by atoms with E-state index in [9.17, 15) is 9.59 Å². The molecule has 0 aromatic heterocycles. The third-order valence-corrected chi connectivity index (χ3v) is 7.70. The van der Waals surface area contributed by atoms with E-state index in [0.29, 0.717) is 29.6 Å². The number of benzene rings is 2. The fraction of sp³-hybridized carbons (Fsp3) is 0.467. The highest BCUT2D eigenvalue weighted by Crippen LogP contribution is 2.48. The van der Waals surface area contributed by atoms with Crippen LogP contribution < -0.4 is 10.2 Å². The van der Waals surface area contributed by atoms with E-state index in [0.717, 1.165) is 43.6 Å². The molecule has 1 saturated carbocycles. The molecule has 1 aliphatic heterocycles. The summed E-state index contributed by atoms with van der Waals surface area (Å²) >= 11 is 0. The molecule has 1 aliphatic carbocycles. The Morgan fingerprint density at radius 1 is 1.06 bits per heavy atom. The van der Waals surface area contributed by atoms with Crippen LogP contribution >= 0.6 is 0 Å². The molecule has 2 aromatic carbocycles. The van der Waals surface area contributed by atoms with Gasteiger partial charge < -0.3 is 15.1 Å². The highest BCUT2D eigenvalue weighted by molar-refractivity contribution is 5.96. The fourth-order valence-corrected chi connectivity index (χ4v) is 5.42. The maximum Gasteiger partial charge on any atom is 0.255 e. The van der Waals surface area contributed by atoms with Gasteiger partial charge in [0.15, 0.2) is 0 Å². The van der Waals surface area contributed by atoms with E-state index in [4.69, 9.17) is 0 Å². The van der Waals surface area contributed by atoms with Crippen LogP contribution in [0.4, 0.5) is 5.69 Å². The molecule has 5 heteroatoms. The third kappa shape index (κ3) is 5.95. The van der Waals surface area contributed by atoms with E-state index in [1.807, 2.05) is 48.2 Å². The largest absolute Gasteiger partial charge is 0.371 e. The molecule has 186 valence electrons. The first-order valence-corrected chi connectivity index (χ1v) is 13.1. The lowest BCUT2D eigenvalue weighted by atomic mass is 9.68. The van der Waals surface area contributed by atoms with Crippen molar-refractivity contribution in [2.45, 2.75) is 58.8 Å².